The Morgan fingerprint density at radius 2 is 1.83 bits per heavy atom. The lowest BCUT2D eigenvalue weighted by Crippen LogP contribution is -2.40. The van der Waals surface area contributed by atoms with Crippen molar-refractivity contribution in [2.45, 2.75) is 33.0 Å². The number of allylic oxidation sites excluding steroid dienone is 1. The van der Waals surface area contributed by atoms with Crippen LogP contribution in [0.3, 0.4) is 0 Å². The first-order chi connectivity index (χ1) is 17.1. The normalized spacial score (nSPS) is 15.5. The van der Waals surface area contributed by atoms with Crippen molar-refractivity contribution in [1.29, 1.82) is 0 Å². The maximum Gasteiger partial charge on any atom is 0.416 e. The fraction of sp³-hybridized carbons (Fsp3) is 0.280. The van der Waals surface area contributed by atoms with Crippen LogP contribution < -0.4 is 10.2 Å². The topological polar surface area (TPSA) is 89.3 Å². The number of anilines is 2. The van der Waals surface area contributed by atoms with E-state index in [2.05, 4.69) is 15.4 Å². The summed E-state index contributed by atoms with van der Waals surface area (Å²) in [4.78, 5) is 31.7. The van der Waals surface area contributed by atoms with Crippen LogP contribution in [-0.2, 0) is 20.5 Å². The Labute approximate surface area is 205 Å². The lowest BCUT2D eigenvalue weighted by Gasteiger charge is -2.35. The summed E-state index contributed by atoms with van der Waals surface area (Å²) < 4.78 is 46.0. The zero-order valence-corrected chi connectivity index (χ0v) is 19.8. The minimum Gasteiger partial charge on any atom is -0.463 e. The van der Waals surface area contributed by atoms with Gasteiger partial charge < -0.3 is 15.0 Å². The third-order valence-electron chi connectivity index (χ3n) is 5.77. The minimum absolute atomic E-state index is 0.00178. The van der Waals surface area contributed by atoms with Crippen molar-refractivity contribution in [2.24, 2.45) is 0 Å². The fourth-order valence-electron chi connectivity index (χ4n) is 4.07. The van der Waals surface area contributed by atoms with E-state index in [1.54, 1.807) is 13.8 Å². The van der Waals surface area contributed by atoms with Crippen LogP contribution in [0.2, 0.25) is 0 Å². The Morgan fingerprint density at radius 3 is 2.50 bits per heavy atom. The van der Waals surface area contributed by atoms with Gasteiger partial charge in [0.1, 0.15) is 18.9 Å². The summed E-state index contributed by atoms with van der Waals surface area (Å²) in [6, 6.07) is 11.3. The van der Waals surface area contributed by atoms with E-state index in [0.29, 0.717) is 11.6 Å². The molecule has 0 unspecified atom stereocenters. The van der Waals surface area contributed by atoms with Crippen molar-refractivity contribution >= 4 is 23.5 Å². The largest absolute Gasteiger partial charge is 0.463 e. The van der Waals surface area contributed by atoms with Crippen molar-refractivity contribution in [3.63, 3.8) is 0 Å². The smallest absolute Gasteiger partial charge is 0.416 e. The second-order valence-electron chi connectivity index (χ2n) is 8.25. The van der Waals surface area contributed by atoms with Crippen LogP contribution >= 0.6 is 0 Å². The number of amides is 1. The second kappa shape index (κ2) is 9.84. The molecule has 2 aromatic carbocycles. The molecule has 36 heavy (non-hydrogen) atoms. The lowest BCUT2D eigenvalue weighted by atomic mass is 9.94. The highest BCUT2D eigenvalue weighted by Crippen LogP contribution is 2.38. The van der Waals surface area contributed by atoms with Gasteiger partial charge in [0, 0.05) is 11.4 Å². The monoisotopic (exact) mass is 499 g/mol. The summed E-state index contributed by atoms with van der Waals surface area (Å²) in [5, 5.41) is 6.80. The summed E-state index contributed by atoms with van der Waals surface area (Å²) in [6.45, 7) is 5.15. The number of carbonyl (C=O) groups is 2. The quantitative estimate of drug-likeness (QED) is 0.503. The van der Waals surface area contributed by atoms with Crippen molar-refractivity contribution < 1.29 is 27.5 Å². The molecule has 0 saturated carbocycles. The number of fused-ring (bicyclic) bond motifs is 1. The van der Waals surface area contributed by atoms with Gasteiger partial charge in [-0.2, -0.15) is 23.3 Å². The van der Waals surface area contributed by atoms with Crippen molar-refractivity contribution in [1.82, 2.24) is 14.8 Å². The summed E-state index contributed by atoms with van der Waals surface area (Å²) >= 11 is 0. The number of nitrogens with zero attached hydrogens (tertiary/aromatic N) is 4. The highest BCUT2D eigenvalue weighted by Gasteiger charge is 2.38. The van der Waals surface area contributed by atoms with Crippen LogP contribution in [0.15, 0.2) is 66.1 Å². The van der Waals surface area contributed by atoms with Gasteiger partial charge in [-0.3, -0.25) is 4.79 Å². The van der Waals surface area contributed by atoms with E-state index in [1.807, 2.05) is 31.2 Å². The predicted molar refractivity (Wildman–Crippen MR) is 126 cm³/mol. The lowest BCUT2D eigenvalue weighted by molar-refractivity contribution is -0.139. The molecule has 1 aromatic heterocycles. The Bertz CT molecular complexity index is 1310. The molecule has 11 heteroatoms. The van der Waals surface area contributed by atoms with Crippen LogP contribution in [0.5, 0.6) is 0 Å². The first kappa shape index (κ1) is 25.0. The van der Waals surface area contributed by atoms with E-state index >= 15 is 0 Å². The fourth-order valence-corrected chi connectivity index (χ4v) is 4.07. The molecule has 0 spiro atoms. The number of hydrogen-bond acceptors (Lipinski definition) is 6. The number of halogens is 3. The van der Waals surface area contributed by atoms with Gasteiger partial charge in [0.15, 0.2) is 0 Å². The summed E-state index contributed by atoms with van der Waals surface area (Å²) in [5.74, 6) is -0.851. The third-order valence-corrected chi connectivity index (χ3v) is 5.77. The van der Waals surface area contributed by atoms with Crippen LogP contribution in [0.25, 0.3) is 0 Å². The molecule has 1 aliphatic rings. The molecule has 3 aromatic rings. The number of alkyl halides is 3. The zero-order chi connectivity index (χ0) is 26.0. The van der Waals surface area contributed by atoms with Gasteiger partial charge in [-0.25, -0.2) is 9.48 Å². The maximum atomic E-state index is 13.1. The molecule has 0 bridgehead atoms. The van der Waals surface area contributed by atoms with Gasteiger partial charge in [0.2, 0.25) is 11.9 Å². The number of aryl methyl sites for hydroxylation is 1. The van der Waals surface area contributed by atoms with Gasteiger partial charge in [0.05, 0.1) is 17.7 Å². The molecule has 0 fully saturated rings. The first-order valence-electron chi connectivity index (χ1n) is 11.2. The van der Waals surface area contributed by atoms with Crippen LogP contribution in [0.1, 0.15) is 36.6 Å². The van der Waals surface area contributed by atoms with Gasteiger partial charge >= 0.3 is 12.1 Å². The number of carbonyl (C=O) groups excluding carboxylic acids is 2. The van der Waals surface area contributed by atoms with Crippen molar-refractivity contribution in [2.75, 3.05) is 23.4 Å². The van der Waals surface area contributed by atoms with E-state index in [-0.39, 0.29) is 24.4 Å². The molecular weight excluding hydrogens is 475 g/mol. The number of esters is 1. The van der Waals surface area contributed by atoms with Crippen molar-refractivity contribution in [3.8, 4) is 0 Å². The molecule has 4 rings (SSSR count). The number of rotatable bonds is 6. The van der Waals surface area contributed by atoms with Crippen LogP contribution in [0.4, 0.5) is 24.8 Å². The molecule has 8 nitrogen and oxygen atoms in total. The average molecular weight is 499 g/mol. The van der Waals surface area contributed by atoms with E-state index in [4.69, 9.17) is 4.74 Å². The minimum atomic E-state index is -4.54. The van der Waals surface area contributed by atoms with Crippen LogP contribution in [-0.4, -0.2) is 39.8 Å². The Kier molecular flexibility index (Phi) is 6.82. The zero-order valence-electron chi connectivity index (χ0n) is 19.8. The molecule has 2 heterocycles. The molecule has 1 atom stereocenters. The molecule has 188 valence electrons. The standard InChI is InChI=1S/C25H24F3N5O3/c1-4-36-23(35)21-16(3)32(13-20(34)31-19-7-5-6-18(12-19)25(26,27)28)24-29-14-30-33(24)22(21)17-10-8-15(2)9-11-17/h5-12,14,22H,4,13H2,1-3H3,(H,31,34)/t22-/m1/s1. The van der Waals surface area contributed by atoms with Gasteiger partial charge in [-0.15, -0.1) is 0 Å². The molecule has 0 saturated heterocycles. The number of hydrogen-bond donors (Lipinski definition) is 1. The van der Waals surface area contributed by atoms with E-state index in [1.165, 1.54) is 28.0 Å². The Hall–Kier alpha value is -4.15. The molecule has 0 radical (unpaired) electrons. The predicted octanol–water partition coefficient (Wildman–Crippen LogP) is 4.49. The average Bonchev–Trinajstić information content (AvgIpc) is 3.30. The van der Waals surface area contributed by atoms with Gasteiger partial charge in [-0.05, 0) is 44.5 Å². The number of nitrogens with one attached hydrogen (secondary N) is 1. The highest BCUT2D eigenvalue weighted by atomic mass is 19.4. The second-order valence-corrected chi connectivity index (χ2v) is 8.25. The molecule has 0 aliphatic carbocycles. The molecule has 1 N–H and O–H groups in total. The third kappa shape index (κ3) is 4.95. The Morgan fingerprint density at radius 1 is 1.11 bits per heavy atom. The SMILES string of the molecule is CCOC(=O)C1=C(C)N(CC(=O)Nc2cccc(C(F)(F)F)c2)c2ncnn2[C@@H]1c1ccc(C)cc1. The molecular formula is C25H24F3N5O3. The summed E-state index contributed by atoms with van der Waals surface area (Å²) in [6.07, 6.45) is -3.22. The Balaban J connectivity index is 1.69. The molecule has 1 amide bonds. The number of aromatic nitrogens is 3. The van der Waals surface area contributed by atoms with Crippen molar-refractivity contribution in [3.05, 3.63) is 82.8 Å². The summed E-state index contributed by atoms with van der Waals surface area (Å²) in [5.41, 5.74) is 1.66. The van der Waals surface area contributed by atoms with E-state index < -0.39 is 29.7 Å². The van der Waals surface area contributed by atoms with Gasteiger partial charge in [0.25, 0.3) is 0 Å². The number of ether oxygens (including phenoxy) is 1. The first-order valence-corrected chi connectivity index (χ1v) is 11.2. The van der Waals surface area contributed by atoms with E-state index in [9.17, 15) is 22.8 Å². The highest BCUT2D eigenvalue weighted by molar-refractivity contribution is 5.96. The van der Waals surface area contributed by atoms with Gasteiger partial charge in [-0.1, -0.05) is 35.9 Å². The maximum absolute atomic E-state index is 13.1. The number of benzene rings is 2. The molecule has 1 aliphatic heterocycles. The summed E-state index contributed by atoms with van der Waals surface area (Å²) in [7, 11) is 0. The van der Waals surface area contributed by atoms with Crippen LogP contribution in [0, 0.1) is 6.92 Å². The van der Waals surface area contributed by atoms with E-state index in [0.717, 1.165) is 23.3 Å².